The van der Waals surface area contributed by atoms with Crippen molar-refractivity contribution in [3.8, 4) is 0 Å². The van der Waals surface area contributed by atoms with E-state index in [0.29, 0.717) is 6.04 Å². The Morgan fingerprint density at radius 2 is 2.00 bits per heavy atom. The molecule has 11 heavy (non-hydrogen) atoms. The normalized spacial score (nSPS) is 24.3. The molecule has 0 aromatic heterocycles. The summed E-state index contributed by atoms with van der Waals surface area (Å²) in [6.45, 7) is 6.91. The Balaban J connectivity index is 2.13. The molecule has 1 saturated carbocycles. The monoisotopic (exact) mass is 155 g/mol. The fourth-order valence-corrected chi connectivity index (χ4v) is 1.46. The van der Waals surface area contributed by atoms with Crippen LogP contribution in [0.25, 0.3) is 0 Å². The first kappa shape index (κ1) is 9.05. The van der Waals surface area contributed by atoms with Crippen LogP contribution in [-0.2, 0) is 0 Å². The van der Waals surface area contributed by atoms with Crippen molar-refractivity contribution in [1.29, 1.82) is 0 Å². The topological polar surface area (TPSA) is 12.0 Å². The molecular weight excluding hydrogens is 134 g/mol. The van der Waals surface area contributed by atoms with Crippen molar-refractivity contribution in [3.05, 3.63) is 0 Å². The van der Waals surface area contributed by atoms with Crippen LogP contribution in [-0.4, -0.2) is 12.1 Å². The van der Waals surface area contributed by atoms with Crippen molar-refractivity contribution in [2.75, 3.05) is 0 Å². The molecule has 0 aliphatic heterocycles. The van der Waals surface area contributed by atoms with Crippen molar-refractivity contribution in [3.63, 3.8) is 0 Å². The Kier molecular flexibility index (Phi) is 3.38. The molecule has 2 atom stereocenters. The Morgan fingerprint density at radius 1 is 1.36 bits per heavy atom. The Labute approximate surface area is 70.6 Å². The Hall–Kier alpha value is -0.0400. The lowest BCUT2D eigenvalue weighted by Gasteiger charge is -2.32. The van der Waals surface area contributed by atoms with Crippen molar-refractivity contribution in [2.45, 2.75) is 58.5 Å². The molecule has 0 amide bonds. The van der Waals surface area contributed by atoms with E-state index in [2.05, 4.69) is 26.1 Å². The molecule has 0 spiro atoms. The van der Waals surface area contributed by atoms with Gasteiger partial charge in [0.2, 0.25) is 0 Å². The minimum atomic E-state index is 0.713. The van der Waals surface area contributed by atoms with Gasteiger partial charge in [0.05, 0.1) is 0 Å². The molecule has 1 rings (SSSR count). The van der Waals surface area contributed by atoms with E-state index in [1.807, 2.05) is 0 Å². The Bertz CT molecular complexity index is 107. The summed E-state index contributed by atoms with van der Waals surface area (Å²) in [5, 5.41) is 3.67. The summed E-state index contributed by atoms with van der Waals surface area (Å²) >= 11 is 0. The van der Waals surface area contributed by atoms with Crippen LogP contribution in [0.4, 0.5) is 0 Å². The highest BCUT2D eigenvalue weighted by Gasteiger charge is 2.20. The minimum absolute atomic E-state index is 0.713. The quantitative estimate of drug-likeness (QED) is 0.658. The maximum atomic E-state index is 3.67. The third-order valence-corrected chi connectivity index (χ3v) is 3.10. The first-order valence-electron chi connectivity index (χ1n) is 5.00. The molecule has 0 radical (unpaired) electrons. The minimum Gasteiger partial charge on any atom is -0.311 e. The smallest absolute Gasteiger partial charge is 0.00696 e. The second-order valence-corrected chi connectivity index (χ2v) is 3.97. The largest absolute Gasteiger partial charge is 0.311 e. The fraction of sp³-hybridized carbons (Fsp3) is 1.00. The number of hydrogen-bond donors (Lipinski definition) is 1. The van der Waals surface area contributed by atoms with Gasteiger partial charge in [-0.1, -0.05) is 26.7 Å². The highest BCUT2D eigenvalue weighted by Crippen LogP contribution is 2.20. The zero-order chi connectivity index (χ0) is 8.27. The first-order valence-corrected chi connectivity index (χ1v) is 5.00. The van der Waals surface area contributed by atoms with Crippen molar-refractivity contribution in [2.24, 2.45) is 5.92 Å². The van der Waals surface area contributed by atoms with Gasteiger partial charge in [0.15, 0.2) is 0 Å². The predicted octanol–water partition coefficient (Wildman–Crippen LogP) is 2.56. The average Bonchev–Trinajstić information content (AvgIpc) is 1.94. The molecule has 0 aromatic carbocycles. The highest BCUT2D eigenvalue weighted by atomic mass is 15.0. The molecule has 0 saturated heterocycles. The van der Waals surface area contributed by atoms with E-state index < -0.39 is 0 Å². The van der Waals surface area contributed by atoms with E-state index in [1.165, 1.54) is 25.7 Å². The molecular formula is C10H21N. The van der Waals surface area contributed by atoms with Crippen molar-refractivity contribution >= 4 is 0 Å². The second-order valence-electron chi connectivity index (χ2n) is 3.97. The summed E-state index contributed by atoms with van der Waals surface area (Å²) in [5.74, 6) is 0.829. The lowest BCUT2D eigenvalue weighted by Crippen LogP contribution is -2.43. The van der Waals surface area contributed by atoms with Crippen molar-refractivity contribution < 1.29 is 0 Å². The van der Waals surface area contributed by atoms with Crippen LogP contribution in [0.5, 0.6) is 0 Å². The van der Waals surface area contributed by atoms with Crippen LogP contribution in [0, 0.1) is 5.92 Å². The summed E-state index contributed by atoms with van der Waals surface area (Å²) in [5.41, 5.74) is 0. The van der Waals surface area contributed by atoms with Gasteiger partial charge in [0.25, 0.3) is 0 Å². The summed E-state index contributed by atoms with van der Waals surface area (Å²) in [6.07, 6.45) is 5.54. The van der Waals surface area contributed by atoms with E-state index in [9.17, 15) is 0 Å². The van der Waals surface area contributed by atoms with Crippen molar-refractivity contribution in [1.82, 2.24) is 5.32 Å². The molecule has 1 fully saturated rings. The Morgan fingerprint density at radius 3 is 2.36 bits per heavy atom. The van der Waals surface area contributed by atoms with Gasteiger partial charge in [0.1, 0.15) is 0 Å². The summed E-state index contributed by atoms with van der Waals surface area (Å²) in [4.78, 5) is 0. The predicted molar refractivity (Wildman–Crippen MR) is 49.7 cm³/mol. The molecule has 1 heteroatoms. The zero-order valence-electron chi connectivity index (χ0n) is 8.06. The van der Waals surface area contributed by atoms with Gasteiger partial charge in [-0.15, -0.1) is 0 Å². The maximum Gasteiger partial charge on any atom is 0.00696 e. The van der Waals surface area contributed by atoms with Gasteiger partial charge >= 0.3 is 0 Å². The molecule has 0 heterocycles. The summed E-state index contributed by atoms with van der Waals surface area (Å²) in [6, 6.07) is 1.56. The van der Waals surface area contributed by atoms with E-state index in [4.69, 9.17) is 0 Å². The number of hydrogen-bond acceptors (Lipinski definition) is 1. The average molecular weight is 155 g/mol. The lowest BCUT2D eigenvalue weighted by molar-refractivity contribution is 0.271. The summed E-state index contributed by atoms with van der Waals surface area (Å²) < 4.78 is 0. The zero-order valence-corrected chi connectivity index (χ0v) is 8.06. The second kappa shape index (κ2) is 4.10. The standard InChI is InChI=1S/C10H21N/c1-4-8(2)9(3)11-10-6-5-7-10/h8-11H,4-7H2,1-3H3/t8-,9?/m1/s1. The van der Waals surface area contributed by atoms with Crippen LogP contribution >= 0.6 is 0 Å². The van der Waals surface area contributed by atoms with Crippen LogP contribution in [0.15, 0.2) is 0 Å². The molecule has 0 bridgehead atoms. The van der Waals surface area contributed by atoms with Gasteiger partial charge in [0, 0.05) is 12.1 Å². The lowest BCUT2D eigenvalue weighted by atomic mass is 9.90. The molecule has 1 aliphatic rings. The number of nitrogens with one attached hydrogen (secondary N) is 1. The third kappa shape index (κ3) is 2.48. The third-order valence-electron chi connectivity index (χ3n) is 3.10. The molecule has 1 aliphatic carbocycles. The highest BCUT2D eigenvalue weighted by molar-refractivity contribution is 4.80. The SMILES string of the molecule is CC[C@@H](C)C(C)NC1CCC1. The van der Waals surface area contributed by atoms with Crippen LogP contribution in [0.3, 0.4) is 0 Å². The van der Waals surface area contributed by atoms with Gasteiger partial charge in [-0.3, -0.25) is 0 Å². The van der Waals surface area contributed by atoms with E-state index in [0.717, 1.165) is 12.0 Å². The number of rotatable bonds is 4. The molecule has 66 valence electrons. The molecule has 1 unspecified atom stereocenters. The van der Waals surface area contributed by atoms with E-state index >= 15 is 0 Å². The first-order chi connectivity index (χ1) is 5.24. The van der Waals surface area contributed by atoms with Gasteiger partial charge in [-0.2, -0.15) is 0 Å². The summed E-state index contributed by atoms with van der Waals surface area (Å²) in [7, 11) is 0. The van der Waals surface area contributed by atoms with E-state index in [1.54, 1.807) is 0 Å². The van der Waals surface area contributed by atoms with Gasteiger partial charge < -0.3 is 5.32 Å². The van der Waals surface area contributed by atoms with Gasteiger partial charge in [-0.05, 0) is 25.7 Å². The van der Waals surface area contributed by atoms with Gasteiger partial charge in [-0.25, -0.2) is 0 Å². The van der Waals surface area contributed by atoms with Crippen LogP contribution < -0.4 is 5.32 Å². The molecule has 1 nitrogen and oxygen atoms in total. The molecule has 0 aromatic rings. The fourth-order valence-electron chi connectivity index (χ4n) is 1.46. The maximum absolute atomic E-state index is 3.67. The van der Waals surface area contributed by atoms with Crippen LogP contribution in [0.2, 0.25) is 0 Å². The van der Waals surface area contributed by atoms with Crippen LogP contribution in [0.1, 0.15) is 46.5 Å². The van der Waals surface area contributed by atoms with E-state index in [-0.39, 0.29) is 0 Å². The molecule has 1 N–H and O–H groups in total.